The number of sulfonamides is 1. The molecular weight excluding hydrogens is 302 g/mol. The van der Waals surface area contributed by atoms with Crippen molar-refractivity contribution in [2.24, 2.45) is 0 Å². The number of thiophene rings is 1. The van der Waals surface area contributed by atoms with Crippen LogP contribution in [0.5, 0.6) is 0 Å². The monoisotopic (exact) mass is 311 g/mol. The fourth-order valence-corrected chi connectivity index (χ4v) is 4.98. The lowest BCUT2D eigenvalue weighted by Crippen LogP contribution is -2.34. The average molecular weight is 312 g/mol. The van der Waals surface area contributed by atoms with Crippen LogP contribution in [0.3, 0.4) is 0 Å². The lowest BCUT2D eigenvalue weighted by Gasteiger charge is -2.10. The van der Waals surface area contributed by atoms with E-state index in [0.717, 1.165) is 6.42 Å². The van der Waals surface area contributed by atoms with Crippen molar-refractivity contribution in [3.63, 3.8) is 0 Å². The van der Waals surface area contributed by atoms with Gasteiger partial charge in [0.1, 0.15) is 4.21 Å². The Kier molecular flexibility index (Phi) is 3.46. The molecule has 7 heteroatoms. The first-order chi connectivity index (χ1) is 7.09. The number of rotatable bonds is 3. The van der Waals surface area contributed by atoms with Crippen LogP contribution in [0.4, 0.5) is 0 Å². The first-order valence-electron chi connectivity index (χ1n) is 4.42. The van der Waals surface area contributed by atoms with Gasteiger partial charge >= 0.3 is 0 Å². The maximum absolute atomic E-state index is 11.9. The second kappa shape index (κ2) is 4.50. The number of hydrogen-bond acceptors (Lipinski definition) is 4. The van der Waals surface area contributed by atoms with Crippen molar-refractivity contribution < 1.29 is 13.2 Å². The molecule has 1 atom stereocenters. The second-order valence-corrected chi connectivity index (χ2v) is 6.92. The van der Waals surface area contributed by atoms with Crippen molar-refractivity contribution in [3.8, 4) is 0 Å². The summed E-state index contributed by atoms with van der Waals surface area (Å²) in [6.07, 6.45) is 0.738. The summed E-state index contributed by atoms with van der Waals surface area (Å²) in [6.45, 7) is 1.08. The molecule has 2 heterocycles. The predicted molar refractivity (Wildman–Crippen MR) is 61.6 cm³/mol. The molecule has 0 amide bonds. The second-order valence-electron chi connectivity index (χ2n) is 3.24. The molecule has 1 unspecified atom stereocenters. The van der Waals surface area contributed by atoms with Gasteiger partial charge in [0, 0.05) is 17.1 Å². The molecule has 4 nitrogen and oxygen atoms in total. The molecule has 1 aromatic heterocycles. The minimum Gasteiger partial charge on any atom is -0.380 e. The maximum atomic E-state index is 11.9. The zero-order chi connectivity index (χ0) is 10.9. The van der Waals surface area contributed by atoms with Crippen molar-refractivity contribution in [1.82, 2.24) is 4.72 Å². The van der Waals surface area contributed by atoms with Gasteiger partial charge in [0.2, 0.25) is 0 Å². The molecule has 1 N–H and O–H groups in total. The van der Waals surface area contributed by atoms with E-state index in [1.54, 1.807) is 11.4 Å². The largest absolute Gasteiger partial charge is 0.380 e. The van der Waals surface area contributed by atoms with Gasteiger partial charge in [-0.05, 0) is 33.8 Å². The summed E-state index contributed by atoms with van der Waals surface area (Å²) in [5.41, 5.74) is 0. The van der Waals surface area contributed by atoms with E-state index < -0.39 is 10.0 Å². The smallest absolute Gasteiger partial charge is 0.251 e. The van der Waals surface area contributed by atoms with Crippen LogP contribution in [-0.4, -0.2) is 27.7 Å². The SMILES string of the molecule is O=S(=O)(NC1CCOC1)c1sccc1Br. The van der Waals surface area contributed by atoms with Gasteiger partial charge in [-0.3, -0.25) is 0 Å². The van der Waals surface area contributed by atoms with Crippen LogP contribution in [0.15, 0.2) is 20.1 Å². The van der Waals surface area contributed by atoms with E-state index in [0.29, 0.717) is 21.9 Å². The quantitative estimate of drug-likeness (QED) is 0.922. The summed E-state index contributed by atoms with van der Waals surface area (Å²) in [5, 5.41) is 1.74. The highest BCUT2D eigenvalue weighted by atomic mass is 79.9. The van der Waals surface area contributed by atoms with E-state index in [9.17, 15) is 8.42 Å². The van der Waals surface area contributed by atoms with E-state index >= 15 is 0 Å². The number of halogens is 1. The zero-order valence-electron chi connectivity index (χ0n) is 7.77. The molecule has 0 spiro atoms. The highest BCUT2D eigenvalue weighted by Crippen LogP contribution is 2.27. The Morgan fingerprint density at radius 3 is 2.93 bits per heavy atom. The molecule has 1 aliphatic heterocycles. The Morgan fingerprint density at radius 1 is 1.60 bits per heavy atom. The van der Waals surface area contributed by atoms with Gasteiger partial charge in [-0.1, -0.05) is 0 Å². The molecule has 0 radical (unpaired) electrons. The first-order valence-corrected chi connectivity index (χ1v) is 7.58. The molecule has 1 fully saturated rings. The van der Waals surface area contributed by atoms with Crippen LogP contribution in [0.1, 0.15) is 6.42 Å². The van der Waals surface area contributed by atoms with Crippen LogP contribution in [0.2, 0.25) is 0 Å². The van der Waals surface area contributed by atoms with Crippen LogP contribution < -0.4 is 4.72 Å². The van der Waals surface area contributed by atoms with Crippen LogP contribution in [0.25, 0.3) is 0 Å². The number of hydrogen-bond donors (Lipinski definition) is 1. The third-order valence-corrected chi connectivity index (χ3v) is 6.27. The minimum absolute atomic E-state index is 0.0935. The summed E-state index contributed by atoms with van der Waals surface area (Å²) >= 11 is 4.41. The highest BCUT2D eigenvalue weighted by Gasteiger charge is 2.25. The summed E-state index contributed by atoms with van der Waals surface area (Å²) in [4.78, 5) is 0. The molecule has 1 saturated heterocycles. The van der Waals surface area contributed by atoms with Gasteiger partial charge in [-0.25, -0.2) is 13.1 Å². The van der Waals surface area contributed by atoms with Crippen LogP contribution in [-0.2, 0) is 14.8 Å². The van der Waals surface area contributed by atoms with Gasteiger partial charge in [-0.2, -0.15) is 0 Å². The van der Waals surface area contributed by atoms with Gasteiger partial charge in [0.05, 0.1) is 6.61 Å². The number of ether oxygens (including phenoxy) is 1. The Bertz CT molecular complexity index is 436. The lowest BCUT2D eigenvalue weighted by atomic mass is 10.3. The van der Waals surface area contributed by atoms with Gasteiger partial charge in [0.15, 0.2) is 0 Å². The lowest BCUT2D eigenvalue weighted by molar-refractivity contribution is 0.192. The molecule has 84 valence electrons. The van der Waals surface area contributed by atoms with Crippen molar-refractivity contribution in [1.29, 1.82) is 0 Å². The fourth-order valence-electron chi connectivity index (χ4n) is 1.37. The van der Waals surface area contributed by atoms with Crippen LogP contribution >= 0.6 is 27.3 Å². The third-order valence-electron chi connectivity index (χ3n) is 2.08. The highest BCUT2D eigenvalue weighted by molar-refractivity contribution is 9.10. The van der Waals surface area contributed by atoms with E-state index in [2.05, 4.69) is 20.7 Å². The van der Waals surface area contributed by atoms with Crippen LogP contribution in [0, 0.1) is 0 Å². The molecule has 0 aromatic carbocycles. The summed E-state index contributed by atoms with van der Waals surface area (Å²) in [6, 6.07) is 1.63. The van der Waals surface area contributed by atoms with E-state index in [1.807, 2.05) is 0 Å². The van der Waals surface area contributed by atoms with Gasteiger partial charge in [-0.15, -0.1) is 11.3 Å². The van der Waals surface area contributed by atoms with E-state index in [-0.39, 0.29) is 6.04 Å². The van der Waals surface area contributed by atoms with Crippen molar-refractivity contribution in [2.75, 3.05) is 13.2 Å². The molecule has 0 saturated carbocycles. The Morgan fingerprint density at radius 2 is 2.40 bits per heavy atom. The summed E-state index contributed by atoms with van der Waals surface area (Å²) < 4.78 is 32.4. The van der Waals surface area contributed by atoms with Gasteiger partial charge < -0.3 is 4.74 Å². The molecule has 1 aliphatic rings. The predicted octanol–water partition coefficient (Wildman–Crippen LogP) is 1.58. The maximum Gasteiger partial charge on any atom is 0.251 e. The molecule has 1 aromatic rings. The third kappa shape index (κ3) is 2.59. The van der Waals surface area contributed by atoms with E-state index in [1.165, 1.54) is 11.3 Å². The summed E-state index contributed by atoms with van der Waals surface area (Å²) in [5.74, 6) is 0. The average Bonchev–Trinajstić information content (AvgIpc) is 2.75. The Hall–Kier alpha value is 0.0500. The first kappa shape index (κ1) is 11.5. The standard InChI is InChI=1S/C8H10BrNO3S2/c9-7-2-4-14-8(7)15(11,12)10-6-1-3-13-5-6/h2,4,6,10H,1,3,5H2. The molecule has 2 rings (SSSR count). The fraction of sp³-hybridized carbons (Fsp3) is 0.500. The van der Waals surface area contributed by atoms with Crippen molar-refractivity contribution in [3.05, 3.63) is 15.9 Å². The molecule has 15 heavy (non-hydrogen) atoms. The van der Waals surface area contributed by atoms with Gasteiger partial charge in [0.25, 0.3) is 10.0 Å². The van der Waals surface area contributed by atoms with Crippen molar-refractivity contribution in [2.45, 2.75) is 16.7 Å². The van der Waals surface area contributed by atoms with E-state index in [4.69, 9.17) is 4.74 Å². The van der Waals surface area contributed by atoms with Crippen molar-refractivity contribution >= 4 is 37.3 Å². The molecule has 0 bridgehead atoms. The zero-order valence-corrected chi connectivity index (χ0v) is 11.0. The Balaban J connectivity index is 2.16. The normalized spacial score (nSPS) is 22.1. The number of nitrogens with one attached hydrogen (secondary N) is 1. The summed E-state index contributed by atoms with van der Waals surface area (Å²) in [7, 11) is -3.39. The topological polar surface area (TPSA) is 55.4 Å². The Labute approximate surface area is 101 Å². The minimum atomic E-state index is -3.39. The molecular formula is C8H10BrNO3S2. The molecule has 0 aliphatic carbocycles.